The van der Waals surface area contributed by atoms with Gasteiger partial charge in [0.25, 0.3) is 0 Å². The Morgan fingerprint density at radius 1 is 1.00 bits per heavy atom. The molecule has 0 aromatic heterocycles. The zero-order chi connectivity index (χ0) is 12.1. The molecule has 0 saturated heterocycles. The van der Waals surface area contributed by atoms with Gasteiger partial charge < -0.3 is 5.11 Å². The largest absolute Gasteiger partial charge is 0.389 e. The van der Waals surface area contributed by atoms with Crippen LogP contribution in [0.15, 0.2) is 59.5 Å². The summed E-state index contributed by atoms with van der Waals surface area (Å²) in [6.07, 6.45) is -0.408. The second kappa shape index (κ2) is 5.89. The molecule has 0 bridgehead atoms. The molecule has 0 amide bonds. The van der Waals surface area contributed by atoms with E-state index in [0.29, 0.717) is 0 Å². The molecule has 0 spiro atoms. The summed E-state index contributed by atoms with van der Waals surface area (Å²) in [5, 5.41) is 9.69. The fourth-order valence-corrected chi connectivity index (χ4v) is 2.79. The van der Waals surface area contributed by atoms with Gasteiger partial charge in [0.2, 0.25) is 0 Å². The fraction of sp³-hybridized carbons (Fsp3) is 0.200. The number of hydrogen-bond acceptors (Lipinski definition) is 2. The Bertz CT molecular complexity index is 465. The summed E-state index contributed by atoms with van der Waals surface area (Å²) < 4.78 is 0. The highest BCUT2D eigenvalue weighted by Crippen LogP contribution is 2.29. The first-order valence-corrected chi connectivity index (χ1v) is 6.69. The second-order valence-electron chi connectivity index (χ2n) is 3.99. The van der Waals surface area contributed by atoms with Gasteiger partial charge in [-0.25, -0.2) is 0 Å². The van der Waals surface area contributed by atoms with Gasteiger partial charge in [0.15, 0.2) is 0 Å². The van der Waals surface area contributed by atoms with Crippen LogP contribution in [0.5, 0.6) is 0 Å². The van der Waals surface area contributed by atoms with Crippen molar-refractivity contribution in [3.63, 3.8) is 0 Å². The van der Waals surface area contributed by atoms with Crippen molar-refractivity contribution < 1.29 is 5.11 Å². The molecule has 0 heterocycles. The van der Waals surface area contributed by atoms with Crippen LogP contribution in [-0.4, -0.2) is 5.11 Å². The zero-order valence-corrected chi connectivity index (χ0v) is 10.7. The number of aliphatic hydroxyl groups excluding tert-OH is 1. The summed E-state index contributed by atoms with van der Waals surface area (Å²) in [6, 6.07) is 18.4. The van der Waals surface area contributed by atoms with E-state index in [1.807, 2.05) is 31.2 Å². The maximum Gasteiger partial charge on any atom is 0.0772 e. The number of thioether (sulfide) groups is 1. The Kier molecular flexibility index (Phi) is 4.24. The summed E-state index contributed by atoms with van der Waals surface area (Å²) in [6.45, 7) is 1.81. The van der Waals surface area contributed by atoms with Gasteiger partial charge >= 0.3 is 0 Å². The molecule has 2 rings (SSSR count). The molecule has 0 radical (unpaired) electrons. The molecule has 1 atom stereocenters. The molecule has 0 saturated carbocycles. The predicted molar refractivity (Wildman–Crippen MR) is 73.1 cm³/mol. The minimum absolute atomic E-state index is 0.408. The van der Waals surface area contributed by atoms with Crippen molar-refractivity contribution in [1.29, 1.82) is 0 Å². The topological polar surface area (TPSA) is 20.2 Å². The summed E-state index contributed by atoms with van der Waals surface area (Å²) >= 11 is 1.77. The smallest absolute Gasteiger partial charge is 0.0772 e. The fourth-order valence-electron chi connectivity index (χ4n) is 1.69. The average molecular weight is 244 g/mol. The molecule has 0 aliphatic carbocycles. The van der Waals surface area contributed by atoms with Crippen LogP contribution >= 0.6 is 11.8 Å². The summed E-state index contributed by atoms with van der Waals surface area (Å²) in [5.41, 5.74) is 2.31. The van der Waals surface area contributed by atoms with Gasteiger partial charge in [-0.15, -0.1) is 11.8 Å². The highest BCUT2D eigenvalue weighted by molar-refractivity contribution is 7.98. The summed E-state index contributed by atoms with van der Waals surface area (Å²) in [7, 11) is 0. The normalized spacial score (nSPS) is 12.4. The molecule has 17 heavy (non-hydrogen) atoms. The van der Waals surface area contributed by atoms with Gasteiger partial charge in [0.05, 0.1) is 6.10 Å². The third-order valence-electron chi connectivity index (χ3n) is 2.61. The predicted octanol–water partition coefficient (Wildman–Crippen LogP) is 4.03. The second-order valence-corrected chi connectivity index (χ2v) is 5.01. The molecule has 1 unspecified atom stereocenters. The molecule has 2 heteroatoms. The number of hydrogen-bond donors (Lipinski definition) is 1. The highest BCUT2D eigenvalue weighted by Gasteiger charge is 2.07. The molecule has 0 fully saturated rings. The monoisotopic (exact) mass is 244 g/mol. The van der Waals surface area contributed by atoms with Crippen LogP contribution in [0.1, 0.15) is 24.2 Å². The maximum atomic E-state index is 9.69. The molecule has 1 N–H and O–H groups in total. The molecule has 2 aromatic carbocycles. The number of benzene rings is 2. The third-order valence-corrected chi connectivity index (χ3v) is 3.77. The Balaban J connectivity index is 2.09. The van der Waals surface area contributed by atoms with E-state index in [-0.39, 0.29) is 0 Å². The minimum atomic E-state index is -0.408. The van der Waals surface area contributed by atoms with E-state index in [1.165, 1.54) is 5.56 Å². The lowest BCUT2D eigenvalue weighted by molar-refractivity contribution is 0.196. The van der Waals surface area contributed by atoms with Crippen LogP contribution in [0, 0.1) is 0 Å². The van der Waals surface area contributed by atoms with E-state index in [0.717, 1.165) is 16.2 Å². The van der Waals surface area contributed by atoms with E-state index in [2.05, 4.69) is 30.3 Å². The maximum absolute atomic E-state index is 9.69. The van der Waals surface area contributed by atoms with Gasteiger partial charge in [-0.3, -0.25) is 0 Å². The molecule has 2 aromatic rings. The van der Waals surface area contributed by atoms with Crippen LogP contribution in [0.4, 0.5) is 0 Å². The van der Waals surface area contributed by atoms with Gasteiger partial charge in [-0.1, -0.05) is 48.5 Å². The van der Waals surface area contributed by atoms with Crippen molar-refractivity contribution in [3.8, 4) is 0 Å². The lowest BCUT2D eigenvalue weighted by Crippen LogP contribution is -1.93. The van der Waals surface area contributed by atoms with E-state index in [4.69, 9.17) is 0 Å². The van der Waals surface area contributed by atoms with Crippen molar-refractivity contribution in [2.75, 3.05) is 0 Å². The molecule has 88 valence electrons. The van der Waals surface area contributed by atoms with Crippen molar-refractivity contribution in [1.82, 2.24) is 0 Å². The van der Waals surface area contributed by atoms with Gasteiger partial charge in [0, 0.05) is 10.6 Å². The first-order valence-electron chi connectivity index (χ1n) is 5.71. The van der Waals surface area contributed by atoms with E-state index in [9.17, 15) is 5.11 Å². The van der Waals surface area contributed by atoms with Crippen molar-refractivity contribution in [2.45, 2.75) is 23.7 Å². The van der Waals surface area contributed by atoms with Crippen LogP contribution in [0.3, 0.4) is 0 Å². The lowest BCUT2D eigenvalue weighted by atomic mass is 10.1. The van der Waals surface area contributed by atoms with Crippen LogP contribution in [0.25, 0.3) is 0 Å². The first kappa shape index (κ1) is 12.2. The molecule has 1 nitrogen and oxygen atoms in total. The first-order chi connectivity index (χ1) is 8.27. The van der Waals surface area contributed by atoms with Crippen LogP contribution < -0.4 is 0 Å². The third kappa shape index (κ3) is 3.35. The highest BCUT2D eigenvalue weighted by atomic mass is 32.2. The van der Waals surface area contributed by atoms with Crippen molar-refractivity contribution in [2.24, 2.45) is 0 Å². The molecule has 0 aliphatic rings. The van der Waals surface area contributed by atoms with E-state index in [1.54, 1.807) is 11.8 Å². The van der Waals surface area contributed by atoms with Crippen molar-refractivity contribution in [3.05, 3.63) is 65.7 Å². The SMILES string of the molecule is CC(O)c1ccccc1SCc1ccccc1. The summed E-state index contributed by atoms with van der Waals surface area (Å²) in [5.74, 6) is 0.935. The Labute approximate surface area is 107 Å². The van der Waals surface area contributed by atoms with Gasteiger partial charge in [-0.05, 0) is 24.1 Å². The molecular formula is C15H16OS. The quantitative estimate of drug-likeness (QED) is 0.819. The van der Waals surface area contributed by atoms with Crippen molar-refractivity contribution >= 4 is 11.8 Å². The Morgan fingerprint density at radius 3 is 2.35 bits per heavy atom. The van der Waals surface area contributed by atoms with Gasteiger partial charge in [0.1, 0.15) is 0 Å². The van der Waals surface area contributed by atoms with Crippen LogP contribution in [0.2, 0.25) is 0 Å². The number of aliphatic hydroxyl groups is 1. The Morgan fingerprint density at radius 2 is 1.65 bits per heavy atom. The van der Waals surface area contributed by atoms with E-state index < -0.39 is 6.10 Å². The molecular weight excluding hydrogens is 228 g/mol. The zero-order valence-electron chi connectivity index (χ0n) is 9.84. The number of rotatable bonds is 4. The Hall–Kier alpha value is -1.25. The van der Waals surface area contributed by atoms with Gasteiger partial charge in [-0.2, -0.15) is 0 Å². The van der Waals surface area contributed by atoms with E-state index >= 15 is 0 Å². The summed E-state index contributed by atoms with van der Waals surface area (Å²) in [4.78, 5) is 1.16. The molecule has 0 aliphatic heterocycles. The average Bonchev–Trinajstić information content (AvgIpc) is 2.38. The van der Waals surface area contributed by atoms with Crippen LogP contribution in [-0.2, 0) is 5.75 Å². The lowest BCUT2D eigenvalue weighted by Gasteiger charge is -2.11. The standard InChI is InChI=1S/C15H16OS/c1-12(16)14-9-5-6-10-15(14)17-11-13-7-3-2-4-8-13/h2-10,12,16H,11H2,1H3. The minimum Gasteiger partial charge on any atom is -0.389 e.